The summed E-state index contributed by atoms with van der Waals surface area (Å²) in [5, 5.41) is 10.2. The highest BCUT2D eigenvalue weighted by Crippen LogP contribution is 2.28. The number of imidazole rings is 1. The van der Waals surface area contributed by atoms with Crippen LogP contribution in [0.2, 0.25) is 0 Å². The van der Waals surface area contributed by atoms with E-state index in [4.69, 9.17) is 9.72 Å². The van der Waals surface area contributed by atoms with Gasteiger partial charge in [0, 0.05) is 51.0 Å². The molecule has 41 heavy (non-hydrogen) atoms. The fourth-order valence-corrected chi connectivity index (χ4v) is 5.39. The van der Waals surface area contributed by atoms with Crippen molar-refractivity contribution >= 4 is 34.6 Å². The van der Waals surface area contributed by atoms with E-state index in [1.807, 2.05) is 24.5 Å². The van der Waals surface area contributed by atoms with E-state index in [0.717, 1.165) is 43.8 Å². The summed E-state index contributed by atoms with van der Waals surface area (Å²) >= 11 is 0. The fraction of sp³-hybridized carbons (Fsp3) is 0.414. The van der Waals surface area contributed by atoms with Crippen LogP contribution in [-0.4, -0.2) is 91.9 Å². The molecule has 4 aromatic rings. The molecule has 0 aliphatic carbocycles. The third kappa shape index (κ3) is 5.71. The molecule has 6 rings (SSSR count). The first-order valence-corrected chi connectivity index (χ1v) is 13.9. The smallest absolute Gasteiger partial charge is 0.258 e. The Morgan fingerprint density at radius 1 is 1.02 bits per heavy atom. The normalized spacial score (nSPS) is 19.2. The molecular formula is C29H35N9O3. The summed E-state index contributed by atoms with van der Waals surface area (Å²) in [6.07, 6.45) is 1.29. The number of rotatable bonds is 2. The third-order valence-electron chi connectivity index (χ3n) is 7.67. The first-order chi connectivity index (χ1) is 19.7. The van der Waals surface area contributed by atoms with Crippen molar-refractivity contribution in [3.05, 3.63) is 53.3 Å². The van der Waals surface area contributed by atoms with E-state index in [9.17, 15) is 9.59 Å². The van der Waals surface area contributed by atoms with E-state index in [0.29, 0.717) is 40.8 Å². The molecule has 12 heteroatoms. The lowest BCUT2D eigenvalue weighted by molar-refractivity contribution is -0.122. The van der Waals surface area contributed by atoms with Crippen molar-refractivity contribution in [2.75, 3.05) is 50.5 Å². The van der Waals surface area contributed by atoms with E-state index in [1.165, 1.54) is 5.56 Å². The molecule has 12 nitrogen and oxygen atoms in total. The molecule has 2 N–H and O–H groups in total. The van der Waals surface area contributed by atoms with Gasteiger partial charge >= 0.3 is 0 Å². The summed E-state index contributed by atoms with van der Waals surface area (Å²) in [6.45, 7) is 8.99. The number of ether oxygens (including phenoxy) is 1. The van der Waals surface area contributed by atoms with Crippen LogP contribution in [0.5, 0.6) is 0 Å². The van der Waals surface area contributed by atoms with E-state index in [1.54, 1.807) is 30.1 Å². The van der Waals surface area contributed by atoms with Crippen LogP contribution in [0.15, 0.2) is 36.5 Å². The standard InChI is InChI=1S/C29H35N9O3/c1-18-11-21-13-24(31-18)22-14-30-36(4)27(22)33-26(39)17-41-19(2)15-38-25-12-20(16-37-9-7-35(3)8-10-37)5-6-23(25)32-29(38)34-28(21)40/h5-6,11-14,19H,7-10,15-17H2,1-4H3,(H,33,39)(H,32,34,40)/t19-/m0/s1. The maximum Gasteiger partial charge on any atom is 0.258 e. The minimum Gasteiger partial charge on any atom is -0.367 e. The lowest BCUT2D eigenvalue weighted by atomic mass is 10.1. The SMILES string of the molecule is Cc1cc2cc(n1)-c1cnn(C)c1NC(=O)CO[C@@H](C)Cn1c(nc3ccc(CN4CCN(C)CC4)cc31)NC2=O. The number of pyridine rings is 1. The minimum atomic E-state index is -0.337. The Morgan fingerprint density at radius 2 is 1.83 bits per heavy atom. The van der Waals surface area contributed by atoms with Crippen molar-refractivity contribution in [3.8, 4) is 11.3 Å². The Hall–Kier alpha value is -4.13. The molecule has 0 saturated carbocycles. The van der Waals surface area contributed by atoms with Gasteiger partial charge in [-0.05, 0) is 50.7 Å². The van der Waals surface area contributed by atoms with Crippen LogP contribution in [0.25, 0.3) is 22.3 Å². The van der Waals surface area contributed by atoms with Crippen molar-refractivity contribution < 1.29 is 14.3 Å². The number of carbonyl (C=O) groups is 2. The number of likely N-dealkylation sites (N-methyl/N-ethyl adjacent to an activating group) is 1. The number of carbonyl (C=O) groups excluding carboxylic acids is 2. The van der Waals surface area contributed by atoms with Crippen molar-refractivity contribution in [1.82, 2.24) is 34.1 Å². The Balaban J connectivity index is 1.38. The number of nitrogens with one attached hydrogen (secondary N) is 2. The molecular weight excluding hydrogens is 522 g/mol. The van der Waals surface area contributed by atoms with Crippen LogP contribution < -0.4 is 10.6 Å². The number of amides is 2. The van der Waals surface area contributed by atoms with Gasteiger partial charge < -0.3 is 19.5 Å². The molecule has 3 aromatic heterocycles. The number of aryl methyl sites for hydroxylation is 2. The van der Waals surface area contributed by atoms with Gasteiger partial charge in [0.15, 0.2) is 0 Å². The van der Waals surface area contributed by atoms with E-state index < -0.39 is 0 Å². The number of hydrogen-bond donors (Lipinski definition) is 2. The predicted molar refractivity (Wildman–Crippen MR) is 156 cm³/mol. The first-order valence-electron chi connectivity index (χ1n) is 13.9. The van der Waals surface area contributed by atoms with Crippen LogP contribution in [-0.2, 0) is 29.7 Å². The molecule has 0 unspecified atom stereocenters. The molecule has 0 spiro atoms. The number of hydrogen-bond acceptors (Lipinski definition) is 8. The Labute approximate surface area is 238 Å². The van der Waals surface area contributed by atoms with E-state index >= 15 is 0 Å². The third-order valence-corrected chi connectivity index (χ3v) is 7.67. The maximum atomic E-state index is 13.6. The van der Waals surface area contributed by atoms with E-state index in [2.05, 4.69) is 49.7 Å². The topological polar surface area (TPSA) is 122 Å². The van der Waals surface area contributed by atoms with Gasteiger partial charge in [-0.2, -0.15) is 5.10 Å². The van der Waals surface area contributed by atoms with Crippen LogP contribution in [0.3, 0.4) is 0 Å². The van der Waals surface area contributed by atoms with Gasteiger partial charge in [-0.25, -0.2) is 4.98 Å². The lowest BCUT2D eigenvalue weighted by Crippen LogP contribution is -2.43. The Kier molecular flexibility index (Phi) is 7.28. The zero-order chi connectivity index (χ0) is 28.7. The van der Waals surface area contributed by atoms with Crippen LogP contribution >= 0.6 is 0 Å². The van der Waals surface area contributed by atoms with Gasteiger partial charge in [-0.15, -0.1) is 0 Å². The Morgan fingerprint density at radius 3 is 2.63 bits per heavy atom. The summed E-state index contributed by atoms with van der Waals surface area (Å²) in [4.78, 5) is 40.7. The van der Waals surface area contributed by atoms with Crippen molar-refractivity contribution in [1.29, 1.82) is 0 Å². The van der Waals surface area contributed by atoms with Gasteiger partial charge in [0.25, 0.3) is 11.8 Å². The fourth-order valence-electron chi connectivity index (χ4n) is 5.39. The Bertz CT molecular complexity index is 1620. The van der Waals surface area contributed by atoms with Gasteiger partial charge in [0.2, 0.25) is 5.95 Å². The minimum absolute atomic E-state index is 0.138. The molecule has 2 aliphatic rings. The van der Waals surface area contributed by atoms with Gasteiger partial charge in [-0.3, -0.25) is 29.5 Å². The summed E-state index contributed by atoms with van der Waals surface area (Å²) in [6, 6.07) is 9.68. The molecule has 2 bridgehead atoms. The first kappa shape index (κ1) is 27.1. The molecule has 1 fully saturated rings. The summed E-state index contributed by atoms with van der Waals surface area (Å²) in [5.74, 6) is 0.305. The second kappa shape index (κ2) is 11.0. The van der Waals surface area contributed by atoms with Gasteiger partial charge in [0.1, 0.15) is 12.4 Å². The lowest BCUT2D eigenvalue weighted by Gasteiger charge is -2.32. The molecule has 214 valence electrons. The second-order valence-corrected chi connectivity index (χ2v) is 11.0. The highest BCUT2D eigenvalue weighted by molar-refractivity contribution is 6.05. The summed E-state index contributed by atoms with van der Waals surface area (Å²) in [5.41, 5.74) is 5.10. The van der Waals surface area contributed by atoms with Gasteiger partial charge in [-0.1, -0.05) is 6.07 Å². The quantitative estimate of drug-likeness (QED) is 0.386. The molecule has 1 aromatic carbocycles. The van der Waals surface area contributed by atoms with E-state index in [-0.39, 0.29) is 24.5 Å². The maximum absolute atomic E-state index is 13.6. The predicted octanol–water partition coefficient (Wildman–Crippen LogP) is 2.50. The van der Waals surface area contributed by atoms with Crippen molar-refractivity contribution in [3.63, 3.8) is 0 Å². The number of fused-ring (bicyclic) bond motifs is 7. The highest BCUT2D eigenvalue weighted by Gasteiger charge is 2.22. The van der Waals surface area contributed by atoms with Crippen molar-refractivity contribution in [2.24, 2.45) is 7.05 Å². The highest BCUT2D eigenvalue weighted by atomic mass is 16.5. The molecule has 2 aliphatic heterocycles. The summed E-state index contributed by atoms with van der Waals surface area (Å²) < 4.78 is 9.50. The largest absolute Gasteiger partial charge is 0.367 e. The second-order valence-electron chi connectivity index (χ2n) is 11.0. The number of piperazine rings is 1. The molecule has 5 heterocycles. The monoisotopic (exact) mass is 557 g/mol. The molecule has 1 atom stereocenters. The number of anilines is 2. The van der Waals surface area contributed by atoms with Crippen LogP contribution in [0.1, 0.15) is 28.5 Å². The summed E-state index contributed by atoms with van der Waals surface area (Å²) in [7, 11) is 3.89. The van der Waals surface area contributed by atoms with Gasteiger partial charge in [0.05, 0.1) is 41.1 Å². The molecule has 2 amide bonds. The zero-order valence-corrected chi connectivity index (χ0v) is 23.8. The molecule has 0 radical (unpaired) electrons. The average Bonchev–Trinajstić information content (AvgIpc) is 3.47. The molecule has 1 saturated heterocycles. The number of aromatic nitrogens is 5. The van der Waals surface area contributed by atoms with Crippen LogP contribution in [0.4, 0.5) is 11.8 Å². The van der Waals surface area contributed by atoms with Crippen molar-refractivity contribution in [2.45, 2.75) is 33.0 Å². The number of nitrogens with zero attached hydrogens (tertiary/aromatic N) is 7. The zero-order valence-electron chi connectivity index (χ0n) is 23.8. The average molecular weight is 558 g/mol. The van der Waals surface area contributed by atoms with Crippen LogP contribution in [0, 0.1) is 6.92 Å². The number of benzene rings is 1.